The number of hydrogen-bond acceptors (Lipinski definition) is 3. The summed E-state index contributed by atoms with van der Waals surface area (Å²) in [4.78, 5) is 10.6. The molecule has 0 saturated carbocycles. The first-order chi connectivity index (χ1) is 6.16. The SMILES string of the molecule is N/N=C/c1cccc(F)c1C(=O)O. The maximum absolute atomic E-state index is 12.9. The number of hydrazone groups is 1. The number of carboxylic acid groups (broad SMARTS) is 1. The number of halogens is 1. The molecule has 13 heavy (non-hydrogen) atoms. The largest absolute Gasteiger partial charge is 0.478 e. The van der Waals surface area contributed by atoms with Crippen molar-refractivity contribution in [2.45, 2.75) is 0 Å². The number of rotatable bonds is 2. The van der Waals surface area contributed by atoms with Gasteiger partial charge in [-0.2, -0.15) is 5.10 Å². The Hall–Kier alpha value is -1.91. The fraction of sp³-hybridized carbons (Fsp3) is 0. The molecule has 5 heteroatoms. The van der Waals surface area contributed by atoms with Gasteiger partial charge >= 0.3 is 5.97 Å². The second-order valence-electron chi connectivity index (χ2n) is 2.29. The van der Waals surface area contributed by atoms with E-state index in [9.17, 15) is 9.18 Å². The second-order valence-corrected chi connectivity index (χ2v) is 2.29. The van der Waals surface area contributed by atoms with Crippen molar-refractivity contribution in [2.75, 3.05) is 0 Å². The quantitative estimate of drug-likeness (QED) is 0.404. The van der Waals surface area contributed by atoms with Crippen molar-refractivity contribution in [3.63, 3.8) is 0 Å². The van der Waals surface area contributed by atoms with Gasteiger partial charge in [0.15, 0.2) is 0 Å². The van der Waals surface area contributed by atoms with E-state index in [-0.39, 0.29) is 5.56 Å². The summed E-state index contributed by atoms with van der Waals surface area (Å²) in [7, 11) is 0. The van der Waals surface area contributed by atoms with Crippen LogP contribution in [0.2, 0.25) is 0 Å². The van der Waals surface area contributed by atoms with E-state index in [1.807, 2.05) is 0 Å². The minimum atomic E-state index is -1.34. The molecule has 3 N–H and O–H groups in total. The third-order valence-corrected chi connectivity index (χ3v) is 1.47. The van der Waals surface area contributed by atoms with Crippen LogP contribution in [-0.2, 0) is 0 Å². The van der Waals surface area contributed by atoms with Crippen LogP contribution in [0.4, 0.5) is 4.39 Å². The van der Waals surface area contributed by atoms with Crippen LogP contribution in [0.25, 0.3) is 0 Å². The standard InChI is InChI=1S/C8H7FN2O2/c9-6-3-1-2-5(4-11-10)7(6)8(12)13/h1-4H,10H2,(H,12,13)/b11-4+. The summed E-state index contributed by atoms with van der Waals surface area (Å²) in [6, 6.07) is 3.87. The van der Waals surface area contributed by atoms with Crippen LogP contribution in [0.3, 0.4) is 0 Å². The van der Waals surface area contributed by atoms with Crippen LogP contribution in [0.15, 0.2) is 23.3 Å². The van der Waals surface area contributed by atoms with Gasteiger partial charge in [-0.1, -0.05) is 12.1 Å². The molecule has 0 atom stereocenters. The highest BCUT2D eigenvalue weighted by atomic mass is 19.1. The molecule has 0 amide bonds. The van der Waals surface area contributed by atoms with Crippen LogP contribution in [0.1, 0.15) is 15.9 Å². The molecule has 0 unspecified atom stereocenters. The third-order valence-electron chi connectivity index (χ3n) is 1.47. The first kappa shape index (κ1) is 9.18. The maximum Gasteiger partial charge on any atom is 0.339 e. The maximum atomic E-state index is 12.9. The van der Waals surface area contributed by atoms with E-state index in [0.29, 0.717) is 0 Å². The molecule has 0 spiro atoms. The van der Waals surface area contributed by atoms with Crippen molar-refractivity contribution in [3.05, 3.63) is 35.1 Å². The van der Waals surface area contributed by atoms with Crippen LogP contribution in [-0.4, -0.2) is 17.3 Å². The lowest BCUT2D eigenvalue weighted by Crippen LogP contribution is -2.05. The fourth-order valence-electron chi connectivity index (χ4n) is 0.954. The molecular formula is C8H7FN2O2. The number of nitrogens with zero attached hydrogens (tertiary/aromatic N) is 1. The van der Waals surface area contributed by atoms with Gasteiger partial charge in [-0.25, -0.2) is 9.18 Å². The van der Waals surface area contributed by atoms with E-state index < -0.39 is 17.3 Å². The summed E-state index contributed by atoms with van der Waals surface area (Å²) in [6.07, 6.45) is 1.09. The molecule has 0 aromatic heterocycles. The Balaban J connectivity index is 3.34. The van der Waals surface area contributed by atoms with Gasteiger partial charge in [0, 0.05) is 5.56 Å². The molecule has 0 fully saturated rings. The zero-order valence-electron chi connectivity index (χ0n) is 6.57. The Morgan fingerprint density at radius 3 is 2.85 bits per heavy atom. The fourth-order valence-corrected chi connectivity index (χ4v) is 0.954. The molecule has 0 saturated heterocycles. The summed E-state index contributed by atoms with van der Waals surface area (Å²) >= 11 is 0. The number of benzene rings is 1. The molecule has 1 aromatic carbocycles. The van der Waals surface area contributed by atoms with Gasteiger partial charge in [0.05, 0.1) is 6.21 Å². The highest BCUT2D eigenvalue weighted by Crippen LogP contribution is 2.11. The normalized spacial score (nSPS) is 10.5. The Kier molecular flexibility index (Phi) is 2.59. The number of carbonyl (C=O) groups is 1. The minimum absolute atomic E-state index is 0.148. The highest BCUT2D eigenvalue weighted by molar-refractivity contribution is 5.98. The first-order valence-corrected chi connectivity index (χ1v) is 3.42. The zero-order chi connectivity index (χ0) is 9.84. The lowest BCUT2D eigenvalue weighted by atomic mass is 10.1. The predicted octanol–water partition coefficient (Wildman–Crippen LogP) is 0.817. The van der Waals surface area contributed by atoms with Crippen molar-refractivity contribution >= 4 is 12.2 Å². The molecule has 0 heterocycles. The lowest BCUT2D eigenvalue weighted by Gasteiger charge is -2.00. The van der Waals surface area contributed by atoms with Gasteiger partial charge in [0.1, 0.15) is 11.4 Å². The summed E-state index contributed by atoms with van der Waals surface area (Å²) in [6.45, 7) is 0. The van der Waals surface area contributed by atoms with E-state index >= 15 is 0 Å². The Morgan fingerprint density at radius 1 is 1.62 bits per heavy atom. The van der Waals surface area contributed by atoms with E-state index in [1.54, 1.807) is 0 Å². The average molecular weight is 182 g/mol. The monoisotopic (exact) mass is 182 g/mol. The Bertz CT molecular complexity index is 363. The van der Waals surface area contributed by atoms with Gasteiger partial charge in [-0.15, -0.1) is 0 Å². The Labute approximate surface area is 73.5 Å². The van der Waals surface area contributed by atoms with Gasteiger partial charge in [0.2, 0.25) is 0 Å². The predicted molar refractivity (Wildman–Crippen MR) is 45.1 cm³/mol. The molecule has 0 aliphatic rings. The molecule has 0 radical (unpaired) electrons. The highest BCUT2D eigenvalue weighted by Gasteiger charge is 2.13. The molecule has 0 aliphatic carbocycles. The minimum Gasteiger partial charge on any atom is -0.478 e. The van der Waals surface area contributed by atoms with Gasteiger partial charge in [-0.3, -0.25) is 0 Å². The third kappa shape index (κ3) is 1.81. The molecule has 1 rings (SSSR count). The lowest BCUT2D eigenvalue weighted by molar-refractivity contribution is 0.0692. The molecular weight excluding hydrogens is 175 g/mol. The number of hydrogen-bond donors (Lipinski definition) is 2. The molecule has 68 valence electrons. The molecule has 4 nitrogen and oxygen atoms in total. The van der Waals surface area contributed by atoms with Crippen LogP contribution in [0.5, 0.6) is 0 Å². The zero-order valence-corrected chi connectivity index (χ0v) is 6.57. The number of aromatic carboxylic acids is 1. The van der Waals surface area contributed by atoms with Crippen molar-refractivity contribution in [1.29, 1.82) is 0 Å². The van der Waals surface area contributed by atoms with E-state index in [1.165, 1.54) is 12.1 Å². The topological polar surface area (TPSA) is 75.7 Å². The van der Waals surface area contributed by atoms with Gasteiger partial charge in [0.25, 0.3) is 0 Å². The first-order valence-electron chi connectivity index (χ1n) is 3.42. The summed E-state index contributed by atoms with van der Waals surface area (Å²) in [5.41, 5.74) is -0.272. The van der Waals surface area contributed by atoms with E-state index in [0.717, 1.165) is 12.3 Å². The smallest absolute Gasteiger partial charge is 0.339 e. The van der Waals surface area contributed by atoms with Crippen LogP contribution >= 0.6 is 0 Å². The summed E-state index contributed by atoms with van der Waals surface area (Å²) < 4.78 is 12.9. The van der Waals surface area contributed by atoms with Crippen molar-refractivity contribution in [2.24, 2.45) is 10.9 Å². The molecule has 1 aromatic rings. The van der Waals surface area contributed by atoms with Crippen molar-refractivity contribution < 1.29 is 14.3 Å². The second kappa shape index (κ2) is 3.66. The average Bonchev–Trinajstić information content (AvgIpc) is 2.04. The molecule has 0 aliphatic heterocycles. The Morgan fingerprint density at radius 2 is 2.31 bits per heavy atom. The van der Waals surface area contributed by atoms with E-state index in [4.69, 9.17) is 10.9 Å². The van der Waals surface area contributed by atoms with Crippen LogP contribution in [0, 0.1) is 5.82 Å². The summed E-state index contributed by atoms with van der Waals surface area (Å²) in [5.74, 6) is 2.69. The van der Waals surface area contributed by atoms with Crippen LogP contribution < -0.4 is 5.84 Å². The summed E-state index contributed by atoms with van der Waals surface area (Å²) in [5, 5.41) is 11.8. The van der Waals surface area contributed by atoms with E-state index in [2.05, 4.69) is 5.10 Å². The number of nitrogens with two attached hydrogens (primary N) is 1. The van der Waals surface area contributed by atoms with Gasteiger partial charge in [-0.05, 0) is 6.07 Å². The van der Waals surface area contributed by atoms with Crippen molar-refractivity contribution in [1.82, 2.24) is 0 Å². The van der Waals surface area contributed by atoms with Gasteiger partial charge < -0.3 is 10.9 Å². The van der Waals surface area contributed by atoms with Crippen molar-refractivity contribution in [3.8, 4) is 0 Å². The molecule has 0 bridgehead atoms. The number of carboxylic acids is 1.